The van der Waals surface area contributed by atoms with Gasteiger partial charge >= 0.3 is 20.0 Å². The van der Waals surface area contributed by atoms with Gasteiger partial charge in [-0.2, -0.15) is 13.2 Å². The molecule has 1 fully saturated rings. The summed E-state index contributed by atoms with van der Waals surface area (Å²) in [5.74, 6) is -1.31. The molecule has 4 rings (SSSR count). The van der Waals surface area contributed by atoms with Crippen LogP contribution in [0.3, 0.4) is 0 Å². The fourth-order valence-corrected chi connectivity index (χ4v) is 4.70. The second-order valence-corrected chi connectivity index (χ2v) is 10.4. The Balaban J connectivity index is 1.42. The monoisotopic (exact) mass is 587 g/mol. The van der Waals surface area contributed by atoms with Crippen molar-refractivity contribution in [1.82, 2.24) is 10.1 Å². The van der Waals surface area contributed by atoms with Gasteiger partial charge in [-0.05, 0) is 36.2 Å². The van der Waals surface area contributed by atoms with Crippen LogP contribution in [0.25, 0.3) is 11.3 Å². The Bertz CT molecular complexity index is 1360. The second kappa shape index (κ2) is 11.9. The first-order chi connectivity index (χ1) is 18.8. The third kappa shape index (κ3) is 7.58. The molecule has 3 heterocycles. The van der Waals surface area contributed by atoms with Gasteiger partial charge in [0.1, 0.15) is 24.7 Å². The molecule has 0 bridgehead atoms. The molecule has 0 radical (unpaired) electrons. The maximum Gasteiger partial charge on any atom is 0.497 e. The van der Waals surface area contributed by atoms with E-state index in [0.29, 0.717) is 47.8 Å². The number of piperidine rings is 1. The number of carbonyl (C=O) groups excluding carboxylic acids is 1. The van der Waals surface area contributed by atoms with E-state index in [1.165, 1.54) is 0 Å². The minimum absolute atomic E-state index is 0.140. The fourth-order valence-electron chi connectivity index (χ4n) is 4.36. The third-order valence-corrected chi connectivity index (χ3v) is 6.80. The molecule has 1 aliphatic heterocycles. The first-order valence-corrected chi connectivity index (χ1v) is 13.6. The van der Waals surface area contributed by atoms with E-state index in [9.17, 15) is 22.5 Å². The Morgan fingerprint density at radius 2 is 1.95 bits per heavy atom. The number of rotatable bonds is 10. The predicted molar refractivity (Wildman–Crippen MR) is 132 cm³/mol. The zero-order chi connectivity index (χ0) is 29.0. The van der Waals surface area contributed by atoms with Gasteiger partial charge in [-0.15, -0.1) is 4.65 Å². The lowest BCUT2D eigenvalue weighted by Crippen LogP contribution is -2.62. The molecule has 1 aromatic carbocycles. The zero-order valence-corrected chi connectivity index (χ0v) is 21.9. The smallest absolute Gasteiger partial charge is 0.487 e. The van der Waals surface area contributed by atoms with Crippen LogP contribution in [0, 0.1) is 0 Å². The normalized spacial score (nSPS) is 19.8. The van der Waals surface area contributed by atoms with Crippen molar-refractivity contribution in [1.29, 1.82) is 0 Å². The van der Waals surface area contributed by atoms with E-state index in [1.807, 2.05) is 0 Å². The Morgan fingerprint density at radius 3 is 2.62 bits per heavy atom. The number of phosphoric ester groups is 1. The van der Waals surface area contributed by atoms with Crippen LogP contribution in [0.5, 0.6) is 5.75 Å². The summed E-state index contributed by atoms with van der Waals surface area (Å²) in [5.41, 5.74) is 8.01. The lowest BCUT2D eigenvalue weighted by molar-refractivity contribution is -1.12. The average molecular weight is 587 g/mol. The van der Waals surface area contributed by atoms with Crippen LogP contribution in [0.4, 0.5) is 19.0 Å². The van der Waals surface area contributed by atoms with Crippen molar-refractivity contribution < 1.29 is 55.6 Å². The van der Waals surface area contributed by atoms with Crippen molar-refractivity contribution in [3.63, 3.8) is 0 Å². The number of quaternary nitrogens is 1. The number of halogens is 3. The molecule has 0 amide bonds. The third-order valence-electron chi connectivity index (χ3n) is 6.34. The van der Waals surface area contributed by atoms with Crippen molar-refractivity contribution in [3.05, 3.63) is 59.9 Å². The highest BCUT2D eigenvalue weighted by molar-refractivity contribution is 7.46. The SMILES string of the molecule is Nc1ncccc1-c1cc(Cc2ccc(OCC3CCCC[N+]3(COP(=O)(O)O)OC(=O)C(F)(F)F)cc2)no1. The molecule has 1 saturated heterocycles. The van der Waals surface area contributed by atoms with E-state index in [-0.39, 0.29) is 19.6 Å². The first kappa shape index (κ1) is 29.5. The molecular weight excluding hydrogens is 560 g/mol. The van der Waals surface area contributed by atoms with E-state index in [1.54, 1.807) is 48.7 Å². The highest BCUT2D eigenvalue weighted by atomic mass is 31.2. The van der Waals surface area contributed by atoms with Crippen LogP contribution in [-0.2, 0) is 25.1 Å². The Labute approximate surface area is 226 Å². The predicted octanol–water partition coefficient (Wildman–Crippen LogP) is 3.75. The molecule has 0 aliphatic carbocycles. The van der Waals surface area contributed by atoms with E-state index < -0.39 is 37.4 Å². The molecule has 0 spiro atoms. The number of carbonyl (C=O) groups is 1. The number of pyridine rings is 1. The van der Waals surface area contributed by atoms with E-state index in [2.05, 4.69) is 14.7 Å². The topological polar surface area (TPSA) is 167 Å². The molecule has 16 heteroatoms. The van der Waals surface area contributed by atoms with Crippen LogP contribution >= 0.6 is 7.82 Å². The summed E-state index contributed by atoms with van der Waals surface area (Å²) in [5, 5.41) is 4.06. The van der Waals surface area contributed by atoms with Crippen molar-refractivity contribution in [2.75, 3.05) is 25.6 Å². The molecule has 4 N–H and O–H groups in total. The van der Waals surface area contributed by atoms with Gasteiger partial charge in [0.25, 0.3) is 0 Å². The van der Waals surface area contributed by atoms with Crippen molar-refractivity contribution in [2.24, 2.45) is 0 Å². The number of phosphoric acid groups is 1. The van der Waals surface area contributed by atoms with Gasteiger partial charge in [0.2, 0.25) is 6.73 Å². The maximum atomic E-state index is 13.0. The summed E-state index contributed by atoms with van der Waals surface area (Å²) >= 11 is 0. The summed E-state index contributed by atoms with van der Waals surface area (Å²) in [7, 11) is -5.07. The Hall–Kier alpha value is -3.49. The highest BCUT2D eigenvalue weighted by Gasteiger charge is 2.53. The summed E-state index contributed by atoms with van der Waals surface area (Å²) in [6.45, 7) is -1.31. The van der Waals surface area contributed by atoms with Gasteiger partial charge in [0.05, 0.1) is 11.3 Å². The van der Waals surface area contributed by atoms with Gasteiger partial charge in [0.15, 0.2) is 11.8 Å². The van der Waals surface area contributed by atoms with Crippen LogP contribution in [0.1, 0.15) is 30.5 Å². The molecular formula is C24H27F3N4O8P+. The number of nitrogens with zero attached hydrogens (tertiary/aromatic N) is 3. The summed E-state index contributed by atoms with van der Waals surface area (Å²) in [6.07, 6.45) is -2.11. The van der Waals surface area contributed by atoms with E-state index in [4.69, 9.17) is 29.6 Å². The minimum atomic E-state index is -5.30. The maximum absolute atomic E-state index is 13.0. The number of benzene rings is 1. The number of hydrogen-bond donors (Lipinski definition) is 3. The van der Waals surface area contributed by atoms with Crippen molar-refractivity contribution >= 4 is 19.6 Å². The number of nitrogen functional groups attached to an aromatic ring is 1. The van der Waals surface area contributed by atoms with Crippen LogP contribution < -0.4 is 10.5 Å². The molecule has 3 aromatic rings. The van der Waals surface area contributed by atoms with E-state index >= 15 is 0 Å². The molecule has 1 aliphatic rings. The lowest BCUT2D eigenvalue weighted by atomic mass is 10.0. The molecule has 2 atom stereocenters. The molecule has 216 valence electrons. The van der Waals surface area contributed by atoms with Gasteiger partial charge < -0.3 is 24.8 Å². The molecule has 2 unspecified atom stereocenters. The second-order valence-electron chi connectivity index (χ2n) is 9.20. The fraction of sp³-hybridized carbons (Fsp3) is 0.375. The molecule has 0 saturated carbocycles. The number of ether oxygens (including phenoxy) is 1. The van der Waals surface area contributed by atoms with Crippen molar-refractivity contribution in [2.45, 2.75) is 37.9 Å². The molecule has 12 nitrogen and oxygen atoms in total. The lowest BCUT2D eigenvalue weighted by Gasteiger charge is -2.42. The van der Waals surface area contributed by atoms with Gasteiger partial charge in [0, 0.05) is 31.5 Å². The number of alkyl halides is 3. The zero-order valence-electron chi connectivity index (χ0n) is 21.0. The highest BCUT2D eigenvalue weighted by Crippen LogP contribution is 2.39. The minimum Gasteiger partial charge on any atom is -0.487 e. The standard InChI is InChI=1S/C24H26F3N4O8P/c25-24(26,27)23(32)39-31(15-37-40(33,34)35)11-2-1-4-18(31)14-36-19-8-6-16(7-9-19)12-17-13-21(38-30-17)20-5-3-10-29-22(20)28/h3,5-10,13,18H,1-2,4,11-12,14-15H2,(H3-,28,29,30,33,34,35)/p+1. The Kier molecular flexibility index (Phi) is 8.80. The summed E-state index contributed by atoms with van der Waals surface area (Å²) < 4.78 is 64.8. The number of likely N-dealkylation sites (tertiary alicyclic amines) is 1. The number of anilines is 1. The van der Waals surface area contributed by atoms with Crippen LogP contribution in [-0.4, -0.2) is 62.6 Å². The van der Waals surface area contributed by atoms with Gasteiger partial charge in [-0.3, -0.25) is 4.84 Å². The Morgan fingerprint density at radius 1 is 1.20 bits per heavy atom. The summed E-state index contributed by atoms with van der Waals surface area (Å²) in [6, 6.07) is 11.2. The van der Waals surface area contributed by atoms with Crippen molar-refractivity contribution in [3.8, 4) is 17.1 Å². The van der Waals surface area contributed by atoms with Gasteiger partial charge in [-0.25, -0.2) is 18.9 Å². The largest absolute Gasteiger partial charge is 0.497 e. The average Bonchev–Trinajstić information content (AvgIpc) is 3.35. The number of hydrogen-bond acceptors (Lipinski definition) is 9. The quantitative estimate of drug-likeness (QED) is 0.233. The summed E-state index contributed by atoms with van der Waals surface area (Å²) in [4.78, 5) is 38.7. The number of aromatic nitrogens is 2. The van der Waals surface area contributed by atoms with Gasteiger partial charge in [-0.1, -0.05) is 17.3 Å². The molecule has 40 heavy (non-hydrogen) atoms. The molecule has 2 aromatic heterocycles. The number of nitrogens with two attached hydrogens (primary N) is 1. The number of hydroxylamine groups is 3. The van der Waals surface area contributed by atoms with Crippen LogP contribution in [0.15, 0.2) is 53.2 Å². The van der Waals surface area contributed by atoms with E-state index in [0.717, 1.165) is 5.56 Å². The van der Waals surface area contributed by atoms with Crippen LogP contribution in [0.2, 0.25) is 0 Å². The first-order valence-electron chi connectivity index (χ1n) is 12.1.